The molecule has 14 heavy (non-hydrogen) atoms. The summed E-state index contributed by atoms with van der Waals surface area (Å²) in [5, 5.41) is 1.07. The summed E-state index contributed by atoms with van der Waals surface area (Å²) in [4.78, 5) is 13.6. The Balaban J connectivity index is 4.53. The van der Waals surface area contributed by atoms with E-state index in [1.165, 1.54) is 12.2 Å². The molecule has 0 saturated heterocycles. The highest BCUT2D eigenvalue weighted by Gasteiger charge is 2.06. The molecule has 0 aromatic heterocycles. The Morgan fingerprint density at radius 1 is 1.43 bits per heavy atom. The minimum atomic E-state index is -3.14. The predicted molar refractivity (Wildman–Crippen MR) is 55.3 cm³/mol. The quantitative estimate of drug-likeness (QED) is 0.515. The van der Waals surface area contributed by atoms with E-state index in [9.17, 15) is 13.2 Å². The van der Waals surface area contributed by atoms with Crippen LogP contribution in [0.1, 0.15) is 20.3 Å². The maximum atomic E-state index is 10.8. The van der Waals surface area contributed by atoms with Gasteiger partial charge in [-0.15, -0.1) is 0 Å². The summed E-state index contributed by atoms with van der Waals surface area (Å²) in [5.74, 6) is 0.348. The average molecular weight is 217 g/mol. The topological polar surface area (TPSA) is 63.6 Å². The van der Waals surface area contributed by atoms with Gasteiger partial charge < -0.3 is 0 Å². The van der Waals surface area contributed by atoms with Crippen LogP contribution in [0.5, 0.6) is 0 Å². The second kappa shape index (κ2) is 5.73. The summed E-state index contributed by atoms with van der Waals surface area (Å²) in [6.45, 7) is 3.95. The van der Waals surface area contributed by atoms with E-state index in [0.717, 1.165) is 11.7 Å². The highest BCUT2D eigenvalue weighted by atomic mass is 32.2. The zero-order valence-electron chi connectivity index (χ0n) is 8.60. The van der Waals surface area contributed by atoms with Crippen LogP contribution in [-0.2, 0) is 14.6 Å². The van der Waals surface area contributed by atoms with Crippen molar-refractivity contribution in [3.05, 3.63) is 11.5 Å². The lowest BCUT2D eigenvalue weighted by molar-refractivity contribution is 0.531. The van der Waals surface area contributed by atoms with Crippen molar-refractivity contribution in [3.63, 3.8) is 0 Å². The lowest BCUT2D eigenvalue weighted by Gasteiger charge is -2.07. The first kappa shape index (κ1) is 13.1. The van der Waals surface area contributed by atoms with Gasteiger partial charge in [-0.1, -0.05) is 13.8 Å². The second-order valence-electron chi connectivity index (χ2n) is 3.58. The van der Waals surface area contributed by atoms with Crippen LogP contribution in [-0.4, -0.2) is 26.8 Å². The highest BCUT2D eigenvalue weighted by Crippen LogP contribution is 2.09. The fourth-order valence-electron chi connectivity index (χ4n) is 0.958. The number of hydrogen-bond donors (Lipinski definition) is 0. The maximum absolute atomic E-state index is 10.8. The molecule has 0 aromatic carbocycles. The molecule has 0 radical (unpaired) electrons. The van der Waals surface area contributed by atoms with E-state index in [2.05, 4.69) is 4.99 Å². The molecule has 0 aliphatic rings. The normalized spacial score (nSPS) is 14.3. The van der Waals surface area contributed by atoms with Crippen LogP contribution < -0.4 is 0 Å². The lowest BCUT2D eigenvalue weighted by atomic mass is 10.0. The van der Waals surface area contributed by atoms with E-state index < -0.39 is 9.84 Å². The van der Waals surface area contributed by atoms with E-state index in [1.807, 2.05) is 13.8 Å². The standard InChI is InChI=1S/C9H15NO3S/c1-8(2)6-9(10-7-11)4-5-14(3,12)13/h4-5,8-9H,6H2,1-3H3/b5-4+/t9-/m1/s1. The number of isocyanates is 1. The number of hydrogen-bond acceptors (Lipinski definition) is 4. The third-order valence-electron chi connectivity index (χ3n) is 1.48. The summed E-state index contributed by atoms with van der Waals surface area (Å²) in [6, 6.07) is -0.387. The Hall–Kier alpha value is -0.930. The van der Waals surface area contributed by atoms with Crippen LogP contribution in [0.3, 0.4) is 0 Å². The molecule has 0 N–H and O–H groups in total. The number of nitrogens with zero attached hydrogens (tertiary/aromatic N) is 1. The minimum absolute atomic E-state index is 0.348. The summed E-state index contributed by atoms with van der Waals surface area (Å²) >= 11 is 0. The Labute approximate surface area is 84.7 Å². The van der Waals surface area contributed by atoms with Gasteiger partial charge in [0.1, 0.15) is 0 Å². The monoisotopic (exact) mass is 217 g/mol. The molecule has 0 heterocycles. The van der Waals surface area contributed by atoms with Crippen molar-refractivity contribution < 1.29 is 13.2 Å². The number of aliphatic imine (C=N–C) groups is 1. The van der Waals surface area contributed by atoms with Crippen LogP contribution >= 0.6 is 0 Å². The van der Waals surface area contributed by atoms with Gasteiger partial charge in [-0.2, -0.15) is 4.99 Å². The molecule has 80 valence electrons. The molecule has 5 heteroatoms. The first-order valence-corrected chi connectivity index (χ1v) is 6.26. The van der Waals surface area contributed by atoms with Gasteiger partial charge in [0.25, 0.3) is 0 Å². The van der Waals surface area contributed by atoms with Crippen molar-refractivity contribution in [2.45, 2.75) is 26.3 Å². The minimum Gasteiger partial charge on any atom is -0.225 e. The van der Waals surface area contributed by atoms with Crippen molar-refractivity contribution in [3.8, 4) is 0 Å². The molecule has 0 amide bonds. The van der Waals surface area contributed by atoms with E-state index >= 15 is 0 Å². The molecule has 0 saturated carbocycles. The summed E-state index contributed by atoms with van der Waals surface area (Å²) in [6.07, 6.45) is 4.59. The second-order valence-corrected chi connectivity index (χ2v) is 5.51. The molecule has 0 rings (SSSR count). The molecule has 0 unspecified atom stereocenters. The van der Waals surface area contributed by atoms with Crippen molar-refractivity contribution in [1.82, 2.24) is 0 Å². The van der Waals surface area contributed by atoms with Gasteiger partial charge in [-0.3, -0.25) is 0 Å². The molecule has 1 atom stereocenters. The van der Waals surface area contributed by atoms with Gasteiger partial charge in [0.15, 0.2) is 9.84 Å². The third kappa shape index (κ3) is 7.71. The molecular weight excluding hydrogens is 202 g/mol. The Kier molecular flexibility index (Phi) is 5.35. The van der Waals surface area contributed by atoms with Crippen molar-refractivity contribution in [2.24, 2.45) is 10.9 Å². The highest BCUT2D eigenvalue weighted by molar-refractivity contribution is 7.93. The van der Waals surface area contributed by atoms with Gasteiger partial charge in [-0.05, 0) is 18.4 Å². The summed E-state index contributed by atoms with van der Waals surface area (Å²) in [7, 11) is -3.14. The number of carbonyl (C=O) groups excluding carboxylic acids is 1. The molecule has 0 aliphatic carbocycles. The molecule has 0 bridgehead atoms. The van der Waals surface area contributed by atoms with E-state index in [0.29, 0.717) is 12.3 Å². The number of sulfone groups is 1. The lowest BCUT2D eigenvalue weighted by Crippen LogP contribution is -2.05. The van der Waals surface area contributed by atoms with Crippen LogP contribution in [0, 0.1) is 5.92 Å². The van der Waals surface area contributed by atoms with Gasteiger partial charge >= 0.3 is 0 Å². The molecule has 0 fully saturated rings. The van der Waals surface area contributed by atoms with Crippen molar-refractivity contribution in [1.29, 1.82) is 0 Å². The van der Waals surface area contributed by atoms with Gasteiger partial charge in [-0.25, -0.2) is 13.2 Å². The SMILES string of the molecule is CC(C)C[C@@H](/C=C/S(C)(=O)=O)N=C=O. The molecule has 4 nitrogen and oxygen atoms in total. The number of rotatable bonds is 5. The van der Waals surface area contributed by atoms with Gasteiger partial charge in [0.2, 0.25) is 6.08 Å². The predicted octanol–water partition coefficient (Wildman–Crippen LogP) is 1.30. The third-order valence-corrected chi connectivity index (χ3v) is 2.13. The van der Waals surface area contributed by atoms with Crippen LogP contribution in [0.15, 0.2) is 16.5 Å². The zero-order valence-corrected chi connectivity index (χ0v) is 9.41. The summed E-state index contributed by atoms with van der Waals surface area (Å²) < 4.78 is 21.6. The van der Waals surface area contributed by atoms with Gasteiger partial charge in [0, 0.05) is 11.7 Å². The Bertz CT molecular complexity index is 337. The van der Waals surface area contributed by atoms with Crippen LogP contribution in [0.4, 0.5) is 0 Å². The summed E-state index contributed by atoms with van der Waals surface area (Å²) in [5.41, 5.74) is 0. The molecule has 0 aromatic rings. The van der Waals surface area contributed by atoms with Gasteiger partial charge in [0.05, 0.1) is 6.04 Å². The smallest absolute Gasteiger partial charge is 0.225 e. The largest absolute Gasteiger partial charge is 0.235 e. The fraction of sp³-hybridized carbons (Fsp3) is 0.667. The zero-order chi connectivity index (χ0) is 11.2. The maximum Gasteiger partial charge on any atom is 0.235 e. The molecular formula is C9H15NO3S. The van der Waals surface area contributed by atoms with Crippen LogP contribution in [0.2, 0.25) is 0 Å². The van der Waals surface area contributed by atoms with E-state index in [4.69, 9.17) is 0 Å². The Morgan fingerprint density at radius 3 is 2.36 bits per heavy atom. The molecule has 0 aliphatic heterocycles. The first-order chi connectivity index (χ1) is 6.35. The molecule has 0 spiro atoms. The van der Waals surface area contributed by atoms with Crippen molar-refractivity contribution in [2.75, 3.05) is 6.26 Å². The average Bonchev–Trinajstić information content (AvgIpc) is 1.98. The fourth-order valence-corrected chi connectivity index (χ4v) is 1.43. The Morgan fingerprint density at radius 2 is 2.00 bits per heavy atom. The van der Waals surface area contributed by atoms with Crippen LogP contribution in [0.25, 0.3) is 0 Å². The first-order valence-electron chi connectivity index (χ1n) is 4.30. The van der Waals surface area contributed by atoms with E-state index in [-0.39, 0.29) is 6.04 Å². The van der Waals surface area contributed by atoms with Crippen molar-refractivity contribution >= 4 is 15.9 Å². The van der Waals surface area contributed by atoms with E-state index in [1.54, 1.807) is 0 Å².